The van der Waals surface area contributed by atoms with Gasteiger partial charge in [0.05, 0.1) is 12.1 Å². The molecule has 0 saturated carbocycles. The molecule has 2 heterocycles. The van der Waals surface area contributed by atoms with E-state index in [0.29, 0.717) is 23.0 Å². The quantitative estimate of drug-likeness (QED) is 0.815. The molecule has 0 aliphatic carbocycles. The SMILES string of the molecule is COc1cc2c3c([nH]c2cc1Cl)C(=O)NCC3. The highest BCUT2D eigenvalue weighted by atomic mass is 35.5. The van der Waals surface area contributed by atoms with Crippen molar-refractivity contribution in [3.63, 3.8) is 0 Å². The highest BCUT2D eigenvalue weighted by Gasteiger charge is 2.22. The van der Waals surface area contributed by atoms with Crippen molar-refractivity contribution in [2.24, 2.45) is 0 Å². The fourth-order valence-electron chi connectivity index (χ4n) is 2.25. The molecule has 17 heavy (non-hydrogen) atoms. The van der Waals surface area contributed by atoms with Gasteiger partial charge in [-0.05, 0) is 24.1 Å². The topological polar surface area (TPSA) is 54.1 Å². The molecule has 3 rings (SSSR count). The Balaban J connectivity index is 2.31. The van der Waals surface area contributed by atoms with E-state index in [4.69, 9.17) is 16.3 Å². The molecular weight excluding hydrogens is 240 g/mol. The fraction of sp³-hybridized carbons (Fsp3) is 0.250. The molecule has 0 unspecified atom stereocenters. The summed E-state index contributed by atoms with van der Waals surface area (Å²) in [5.74, 6) is 0.574. The van der Waals surface area contributed by atoms with Gasteiger partial charge in [0.25, 0.3) is 5.91 Å². The van der Waals surface area contributed by atoms with Crippen molar-refractivity contribution < 1.29 is 9.53 Å². The number of carbonyl (C=O) groups excluding carboxylic acids is 1. The van der Waals surface area contributed by atoms with Gasteiger partial charge in [0.1, 0.15) is 11.4 Å². The van der Waals surface area contributed by atoms with Crippen molar-refractivity contribution in [2.75, 3.05) is 13.7 Å². The number of halogens is 1. The van der Waals surface area contributed by atoms with Gasteiger partial charge in [-0.1, -0.05) is 11.6 Å². The van der Waals surface area contributed by atoms with Crippen LogP contribution in [0.3, 0.4) is 0 Å². The number of benzene rings is 1. The minimum atomic E-state index is -0.0578. The summed E-state index contributed by atoms with van der Waals surface area (Å²) in [4.78, 5) is 14.8. The molecule has 1 aliphatic rings. The van der Waals surface area contributed by atoms with Gasteiger partial charge in [-0.2, -0.15) is 0 Å². The van der Waals surface area contributed by atoms with Gasteiger partial charge in [0.2, 0.25) is 0 Å². The summed E-state index contributed by atoms with van der Waals surface area (Å²) in [6.07, 6.45) is 0.825. The van der Waals surface area contributed by atoms with Crippen molar-refractivity contribution in [3.8, 4) is 5.75 Å². The van der Waals surface area contributed by atoms with Crippen molar-refractivity contribution in [1.82, 2.24) is 10.3 Å². The van der Waals surface area contributed by atoms with E-state index in [0.717, 1.165) is 22.9 Å². The Morgan fingerprint density at radius 3 is 3.00 bits per heavy atom. The minimum absolute atomic E-state index is 0.0578. The molecule has 2 N–H and O–H groups in total. The third kappa shape index (κ3) is 1.48. The molecule has 0 radical (unpaired) electrons. The average Bonchev–Trinajstić information content (AvgIpc) is 2.67. The second kappa shape index (κ2) is 3.67. The van der Waals surface area contributed by atoms with Crippen molar-refractivity contribution in [1.29, 1.82) is 0 Å². The van der Waals surface area contributed by atoms with Crippen LogP contribution in [0.25, 0.3) is 10.9 Å². The number of methoxy groups -OCH3 is 1. The molecular formula is C12H11ClN2O2. The first-order valence-electron chi connectivity index (χ1n) is 5.37. The number of aromatic amines is 1. The number of amides is 1. The molecule has 0 spiro atoms. The molecule has 1 aromatic heterocycles. The van der Waals surface area contributed by atoms with Crippen LogP contribution in [0.15, 0.2) is 12.1 Å². The maximum atomic E-state index is 11.7. The molecule has 1 aromatic carbocycles. The van der Waals surface area contributed by atoms with Gasteiger partial charge in [0, 0.05) is 17.4 Å². The van der Waals surface area contributed by atoms with E-state index < -0.39 is 0 Å². The maximum absolute atomic E-state index is 11.7. The van der Waals surface area contributed by atoms with Gasteiger partial charge in [-0.15, -0.1) is 0 Å². The van der Waals surface area contributed by atoms with Crippen LogP contribution in [0.1, 0.15) is 16.1 Å². The second-order valence-electron chi connectivity index (χ2n) is 4.02. The van der Waals surface area contributed by atoms with Gasteiger partial charge in [0.15, 0.2) is 0 Å². The van der Waals surface area contributed by atoms with E-state index in [1.54, 1.807) is 13.2 Å². The first-order chi connectivity index (χ1) is 8.20. The van der Waals surface area contributed by atoms with E-state index >= 15 is 0 Å². The average molecular weight is 251 g/mol. The Morgan fingerprint density at radius 2 is 2.24 bits per heavy atom. The zero-order chi connectivity index (χ0) is 12.0. The molecule has 88 valence electrons. The summed E-state index contributed by atoms with van der Waals surface area (Å²) in [7, 11) is 1.58. The highest BCUT2D eigenvalue weighted by molar-refractivity contribution is 6.33. The Kier molecular flexibility index (Phi) is 2.26. The summed E-state index contributed by atoms with van der Waals surface area (Å²) in [5.41, 5.74) is 2.55. The van der Waals surface area contributed by atoms with Crippen LogP contribution in [-0.4, -0.2) is 24.5 Å². The zero-order valence-electron chi connectivity index (χ0n) is 9.26. The number of hydrogen-bond acceptors (Lipinski definition) is 2. The summed E-state index contributed by atoms with van der Waals surface area (Å²) in [6.45, 7) is 0.670. The van der Waals surface area contributed by atoms with Crippen LogP contribution in [-0.2, 0) is 6.42 Å². The van der Waals surface area contributed by atoms with Gasteiger partial charge < -0.3 is 15.0 Å². The van der Waals surface area contributed by atoms with E-state index in [2.05, 4.69) is 10.3 Å². The molecule has 4 nitrogen and oxygen atoms in total. The number of aromatic nitrogens is 1. The number of fused-ring (bicyclic) bond motifs is 3. The number of rotatable bonds is 1. The van der Waals surface area contributed by atoms with Crippen molar-refractivity contribution in [2.45, 2.75) is 6.42 Å². The van der Waals surface area contributed by atoms with Gasteiger partial charge >= 0.3 is 0 Å². The molecule has 0 fully saturated rings. The van der Waals surface area contributed by atoms with Crippen LogP contribution in [0.4, 0.5) is 0 Å². The number of nitrogens with one attached hydrogen (secondary N) is 2. The Hall–Kier alpha value is -1.68. The van der Waals surface area contributed by atoms with Crippen LogP contribution >= 0.6 is 11.6 Å². The lowest BCUT2D eigenvalue weighted by atomic mass is 10.0. The molecule has 1 aliphatic heterocycles. The van der Waals surface area contributed by atoms with Crippen LogP contribution < -0.4 is 10.1 Å². The third-order valence-corrected chi connectivity index (χ3v) is 3.36. The highest BCUT2D eigenvalue weighted by Crippen LogP contribution is 2.33. The Morgan fingerprint density at radius 1 is 1.41 bits per heavy atom. The standard InChI is InChI=1S/C12H11ClN2O2/c1-17-10-4-7-6-2-3-14-12(16)11(6)15-9(7)5-8(10)13/h4-5,15H,2-3H2,1H3,(H,14,16). The first kappa shape index (κ1) is 10.5. The van der Waals surface area contributed by atoms with E-state index in [9.17, 15) is 4.79 Å². The number of H-pyrrole nitrogens is 1. The normalized spacial score (nSPS) is 14.6. The number of ether oxygens (including phenoxy) is 1. The smallest absolute Gasteiger partial charge is 0.268 e. The summed E-state index contributed by atoms with van der Waals surface area (Å²) in [5, 5.41) is 4.36. The van der Waals surface area contributed by atoms with Crippen molar-refractivity contribution in [3.05, 3.63) is 28.4 Å². The van der Waals surface area contributed by atoms with Crippen LogP contribution in [0, 0.1) is 0 Å². The minimum Gasteiger partial charge on any atom is -0.495 e. The summed E-state index contributed by atoms with van der Waals surface area (Å²) >= 11 is 6.06. The molecule has 5 heteroatoms. The first-order valence-corrected chi connectivity index (χ1v) is 5.75. The summed E-state index contributed by atoms with van der Waals surface area (Å²) < 4.78 is 5.19. The molecule has 0 atom stereocenters. The maximum Gasteiger partial charge on any atom is 0.268 e. The lowest BCUT2D eigenvalue weighted by Crippen LogP contribution is -2.31. The van der Waals surface area contributed by atoms with Gasteiger partial charge in [-0.3, -0.25) is 4.79 Å². The van der Waals surface area contributed by atoms with E-state index in [1.807, 2.05) is 6.07 Å². The Labute approximate surface area is 103 Å². The van der Waals surface area contributed by atoms with E-state index in [1.165, 1.54) is 0 Å². The molecule has 1 amide bonds. The van der Waals surface area contributed by atoms with Crippen molar-refractivity contribution >= 4 is 28.4 Å². The molecule has 0 bridgehead atoms. The zero-order valence-corrected chi connectivity index (χ0v) is 10.0. The largest absolute Gasteiger partial charge is 0.495 e. The Bertz CT molecular complexity index is 618. The van der Waals surface area contributed by atoms with Gasteiger partial charge in [-0.25, -0.2) is 0 Å². The molecule has 0 saturated heterocycles. The monoisotopic (exact) mass is 250 g/mol. The van der Waals surface area contributed by atoms with E-state index in [-0.39, 0.29) is 5.91 Å². The fourth-order valence-corrected chi connectivity index (χ4v) is 2.49. The predicted molar refractivity (Wildman–Crippen MR) is 65.9 cm³/mol. The van der Waals surface area contributed by atoms with Crippen LogP contribution in [0.2, 0.25) is 5.02 Å². The van der Waals surface area contributed by atoms with Crippen LogP contribution in [0.5, 0.6) is 5.75 Å². The predicted octanol–water partition coefficient (Wildman–Crippen LogP) is 2.12. The molecule has 2 aromatic rings. The number of carbonyl (C=O) groups is 1. The third-order valence-electron chi connectivity index (χ3n) is 3.07. The lowest BCUT2D eigenvalue weighted by Gasteiger charge is -2.12. The number of hydrogen-bond donors (Lipinski definition) is 2. The summed E-state index contributed by atoms with van der Waals surface area (Å²) in [6, 6.07) is 3.67. The lowest BCUT2D eigenvalue weighted by molar-refractivity contribution is 0.0942. The second-order valence-corrected chi connectivity index (χ2v) is 4.42.